The number of anilines is 1. The van der Waals surface area contributed by atoms with Crippen LogP contribution in [0.5, 0.6) is 0 Å². The third kappa shape index (κ3) is 6.00. The Kier molecular flexibility index (Phi) is 8.15. The van der Waals surface area contributed by atoms with Crippen molar-refractivity contribution in [1.29, 1.82) is 0 Å². The van der Waals surface area contributed by atoms with Crippen LogP contribution < -0.4 is 16.8 Å². The minimum absolute atomic E-state index is 0.117. The van der Waals surface area contributed by atoms with Crippen LogP contribution in [0, 0.1) is 5.82 Å². The van der Waals surface area contributed by atoms with E-state index in [9.17, 15) is 23.6 Å². The summed E-state index contributed by atoms with van der Waals surface area (Å²) in [4.78, 5) is 51.3. The Labute approximate surface area is 203 Å². The second kappa shape index (κ2) is 11.2. The van der Waals surface area contributed by atoms with Gasteiger partial charge in [0.15, 0.2) is 5.69 Å². The molecule has 1 aromatic carbocycles. The van der Waals surface area contributed by atoms with Gasteiger partial charge in [-0.25, -0.2) is 4.39 Å². The van der Waals surface area contributed by atoms with E-state index in [1.165, 1.54) is 18.4 Å². The molecule has 2 aromatic heterocycles. The van der Waals surface area contributed by atoms with Crippen LogP contribution in [-0.2, 0) is 20.9 Å². The molecule has 0 fully saturated rings. The summed E-state index contributed by atoms with van der Waals surface area (Å²) in [6, 6.07) is 6.75. The number of carbonyl (C=O) groups excluding carboxylic acids is 4. The van der Waals surface area contributed by atoms with Crippen LogP contribution in [0.2, 0.25) is 0 Å². The molecule has 2 heterocycles. The molecule has 0 aliphatic carbocycles. The molecule has 0 unspecified atom stereocenters. The highest BCUT2D eigenvalue weighted by Crippen LogP contribution is 2.30. The number of furan rings is 1. The molecular formula is C22H22FN5O6S. The van der Waals surface area contributed by atoms with Crippen molar-refractivity contribution in [3.05, 3.63) is 70.4 Å². The van der Waals surface area contributed by atoms with Gasteiger partial charge in [0.05, 0.1) is 25.1 Å². The number of halogens is 1. The maximum absolute atomic E-state index is 13.6. The van der Waals surface area contributed by atoms with Crippen molar-refractivity contribution in [1.82, 2.24) is 14.6 Å². The first-order valence-electron chi connectivity index (χ1n) is 10.3. The molecule has 0 radical (unpaired) electrons. The van der Waals surface area contributed by atoms with Crippen molar-refractivity contribution in [2.75, 3.05) is 18.9 Å². The lowest BCUT2D eigenvalue weighted by molar-refractivity contribution is -0.144. The zero-order valence-corrected chi connectivity index (χ0v) is 19.3. The molecule has 11 nitrogen and oxygen atoms in total. The third-order valence-electron chi connectivity index (χ3n) is 4.78. The zero-order valence-electron chi connectivity index (χ0n) is 18.5. The third-order valence-corrected chi connectivity index (χ3v) is 5.63. The summed E-state index contributed by atoms with van der Waals surface area (Å²) in [7, 11) is 0. The molecule has 3 amide bonds. The molecule has 5 N–H and O–H groups in total. The van der Waals surface area contributed by atoms with Gasteiger partial charge in [0, 0.05) is 0 Å². The van der Waals surface area contributed by atoms with Crippen LogP contribution in [0.4, 0.5) is 10.1 Å². The second-order valence-corrected chi connectivity index (χ2v) is 7.90. The molecule has 3 aromatic rings. The Morgan fingerprint density at radius 3 is 2.51 bits per heavy atom. The lowest BCUT2D eigenvalue weighted by atomic mass is 10.0. The summed E-state index contributed by atoms with van der Waals surface area (Å²) in [6.07, 6.45) is 1.39. The smallest absolute Gasteiger partial charge is 0.325 e. The number of nitrogen functional groups attached to an aromatic ring is 1. The van der Waals surface area contributed by atoms with E-state index in [4.69, 9.17) is 20.6 Å². The average Bonchev–Trinajstić information content (AvgIpc) is 3.47. The molecule has 0 spiro atoms. The number of rotatable bonds is 10. The Hall–Kier alpha value is -4.26. The molecule has 1 atom stereocenters. The van der Waals surface area contributed by atoms with Gasteiger partial charge in [0.25, 0.3) is 11.8 Å². The minimum atomic E-state index is -1.35. The summed E-state index contributed by atoms with van der Waals surface area (Å²) in [5, 5.41) is 2.44. The fourth-order valence-electron chi connectivity index (χ4n) is 3.20. The highest BCUT2D eigenvalue weighted by molar-refractivity contribution is 7.09. The Bertz CT molecular complexity index is 1210. The van der Waals surface area contributed by atoms with Crippen LogP contribution in [0.15, 0.2) is 47.1 Å². The maximum Gasteiger partial charge on any atom is 0.325 e. The van der Waals surface area contributed by atoms with E-state index < -0.39 is 42.1 Å². The number of nitrogens with zero attached hydrogens (tertiary/aromatic N) is 2. The number of hydrogen-bond donors (Lipinski definition) is 3. The van der Waals surface area contributed by atoms with E-state index in [2.05, 4.69) is 9.69 Å². The van der Waals surface area contributed by atoms with Crippen LogP contribution >= 0.6 is 11.5 Å². The predicted molar refractivity (Wildman–Crippen MR) is 122 cm³/mol. The SMILES string of the molecule is CCOC(=O)CNC(=O)[C@@H](c1ccc(F)cc1)N(Cc1ccco1)C(=O)c1snc(C(N)=O)c1N. The van der Waals surface area contributed by atoms with Gasteiger partial charge >= 0.3 is 5.97 Å². The van der Waals surface area contributed by atoms with E-state index >= 15 is 0 Å². The van der Waals surface area contributed by atoms with E-state index in [1.807, 2.05) is 0 Å². The molecule has 3 rings (SSSR count). The number of nitrogens with two attached hydrogens (primary N) is 2. The topological polar surface area (TPSA) is 171 Å². The van der Waals surface area contributed by atoms with E-state index in [0.717, 1.165) is 17.0 Å². The number of ether oxygens (including phenoxy) is 1. The zero-order chi connectivity index (χ0) is 25.5. The Morgan fingerprint density at radius 1 is 1.23 bits per heavy atom. The van der Waals surface area contributed by atoms with Crippen LogP contribution in [0.3, 0.4) is 0 Å². The molecule has 35 heavy (non-hydrogen) atoms. The number of esters is 1. The standard InChI is InChI=1S/C22H22FN5O6S/c1-2-33-15(29)10-26-21(31)18(12-5-7-13(23)8-6-12)28(11-14-4-3-9-34-14)22(32)19-16(24)17(20(25)30)27-35-19/h3-9,18H,2,10-11,24H2,1H3,(H2,25,30)(H,26,31)/t18-/m1/s1. The quantitative estimate of drug-likeness (QED) is 0.350. The number of nitrogens with one attached hydrogen (secondary N) is 1. The number of aromatic nitrogens is 1. The number of primary amides is 1. The van der Waals surface area contributed by atoms with Gasteiger partial charge in [-0.15, -0.1) is 0 Å². The van der Waals surface area contributed by atoms with Gasteiger partial charge in [-0.2, -0.15) is 4.37 Å². The number of amides is 3. The van der Waals surface area contributed by atoms with Crippen molar-refractivity contribution in [2.24, 2.45) is 5.73 Å². The number of hydrogen-bond acceptors (Lipinski definition) is 9. The van der Waals surface area contributed by atoms with E-state index in [-0.39, 0.29) is 35.0 Å². The highest BCUT2D eigenvalue weighted by atomic mass is 32.1. The number of benzene rings is 1. The Morgan fingerprint density at radius 2 is 1.94 bits per heavy atom. The maximum atomic E-state index is 13.6. The molecule has 0 aliphatic rings. The molecule has 184 valence electrons. The lowest BCUT2D eigenvalue weighted by Crippen LogP contribution is -2.44. The van der Waals surface area contributed by atoms with Crippen molar-refractivity contribution in [2.45, 2.75) is 19.5 Å². The van der Waals surface area contributed by atoms with Gasteiger partial charge < -0.3 is 30.8 Å². The molecule has 0 bridgehead atoms. The van der Waals surface area contributed by atoms with Gasteiger partial charge in [-0.05, 0) is 48.3 Å². The van der Waals surface area contributed by atoms with Gasteiger partial charge in [-0.1, -0.05) is 12.1 Å². The molecule has 0 saturated carbocycles. The van der Waals surface area contributed by atoms with Crippen molar-refractivity contribution in [3.8, 4) is 0 Å². The van der Waals surface area contributed by atoms with Gasteiger partial charge in [0.2, 0.25) is 5.91 Å². The summed E-state index contributed by atoms with van der Waals surface area (Å²) in [5.74, 6) is -3.34. The fourth-order valence-corrected chi connectivity index (χ4v) is 3.96. The average molecular weight is 504 g/mol. The monoisotopic (exact) mass is 503 g/mol. The van der Waals surface area contributed by atoms with Crippen LogP contribution in [0.1, 0.15) is 44.4 Å². The van der Waals surface area contributed by atoms with E-state index in [0.29, 0.717) is 17.3 Å². The Balaban J connectivity index is 2.05. The largest absolute Gasteiger partial charge is 0.467 e. The predicted octanol–water partition coefficient (Wildman–Crippen LogP) is 1.62. The normalized spacial score (nSPS) is 11.5. The first-order valence-corrected chi connectivity index (χ1v) is 11.1. The first-order chi connectivity index (χ1) is 16.7. The van der Waals surface area contributed by atoms with Gasteiger partial charge in [0.1, 0.15) is 29.0 Å². The van der Waals surface area contributed by atoms with Crippen molar-refractivity contribution >= 4 is 40.9 Å². The second-order valence-electron chi connectivity index (χ2n) is 7.13. The van der Waals surface area contributed by atoms with Crippen molar-refractivity contribution in [3.63, 3.8) is 0 Å². The summed E-state index contributed by atoms with van der Waals surface area (Å²) in [5.41, 5.74) is 10.9. The van der Waals surface area contributed by atoms with Crippen molar-refractivity contribution < 1.29 is 32.7 Å². The molecule has 0 saturated heterocycles. The summed E-state index contributed by atoms with van der Waals surface area (Å²) in [6.45, 7) is 1.07. The van der Waals surface area contributed by atoms with Crippen LogP contribution in [-0.4, -0.2) is 46.1 Å². The fraction of sp³-hybridized carbons (Fsp3) is 0.227. The summed E-state index contributed by atoms with van der Waals surface area (Å²) >= 11 is 0.642. The molecule has 13 heteroatoms. The first kappa shape index (κ1) is 25.4. The lowest BCUT2D eigenvalue weighted by Gasteiger charge is -2.30. The number of carbonyl (C=O) groups is 4. The highest BCUT2D eigenvalue weighted by Gasteiger charge is 2.35. The molecule has 0 aliphatic heterocycles. The van der Waals surface area contributed by atoms with E-state index in [1.54, 1.807) is 19.1 Å². The minimum Gasteiger partial charge on any atom is -0.467 e. The van der Waals surface area contributed by atoms with Gasteiger partial charge in [-0.3, -0.25) is 19.2 Å². The van der Waals surface area contributed by atoms with Crippen LogP contribution in [0.25, 0.3) is 0 Å². The summed E-state index contributed by atoms with van der Waals surface area (Å²) < 4.78 is 27.7. The molecular weight excluding hydrogens is 481 g/mol.